The molecule has 2 aromatic rings. The van der Waals surface area contributed by atoms with E-state index in [0.29, 0.717) is 18.0 Å². The number of benzene rings is 1. The highest BCUT2D eigenvalue weighted by atomic mass is 16.5. The maximum absolute atomic E-state index is 11.6. The molecule has 0 saturated heterocycles. The van der Waals surface area contributed by atoms with Crippen LogP contribution in [0.5, 0.6) is 5.75 Å². The molecule has 0 saturated carbocycles. The van der Waals surface area contributed by atoms with E-state index >= 15 is 0 Å². The Morgan fingerprint density at radius 2 is 2.15 bits per heavy atom. The van der Waals surface area contributed by atoms with E-state index in [1.165, 1.54) is 0 Å². The molecule has 2 rings (SSSR count). The molecule has 6 nitrogen and oxygen atoms in total. The van der Waals surface area contributed by atoms with E-state index in [-0.39, 0.29) is 12.5 Å². The van der Waals surface area contributed by atoms with Crippen LogP contribution in [-0.4, -0.2) is 28.8 Å². The fourth-order valence-corrected chi connectivity index (χ4v) is 1.67. The molecule has 0 aliphatic heterocycles. The maximum atomic E-state index is 11.6. The minimum Gasteiger partial charge on any atom is -0.484 e. The molecule has 1 heterocycles. The highest BCUT2D eigenvalue weighted by Crippen LogP contribution is 2.12. The lowest BCUT2D eigenvalue weighted by Crippen LogP contribution is -2.30. The fourth-order valence-electron chi connectivity index (χ4n) is 1.67. The van der Waals surface area contributed by atoms with Crippen LogP contribution in [0.25, 0.3) is 0 Å². The van der Waals surface area contributed by atoms with Crippen molar-refractivity contribution in [3.05, 3.63) is 42.7 Å². The molecule has 20 heavy (non-hydrogen) atoms. The van der Waals surface area contributed by atoms with Gasteiger partial charge in [0.25, 0.3) is 5.91 Å². The second kappa shape index (κ2) is 7.18. The van der Waals surface area contributed by atoms with Gasteiger partial charge in [-0.2, -0.15) is 5.10 Å². The predicted octanol–water partition coefficient (Wildman–Crippen LogP) is 1.05. The van der Waals surface area contributed by atoms with Gasteiger partial charge < -0.3 is 15.8 Å². The van der Waals surface area contributed by atoms with E-state index in [9.17, 15) is 4.79 Å². The van der Waals surface area contributed by atoms with Crippen molar-refractivity contribution in [1.82, 2.24) is 15.1 Å². The Kier molecular flexibility index (Phi) is 5.00. The molecule has 0 bridgehead atoms. The third-order valence-corrected chi connectivity index (χ3v) is 2.70. The Bertz CT molecular complexity index is 523. The van der Waals surface area contributed by atoms with E-state index in [2.05, 4.69) is 10.4 Å². The van der Waals surface area contributed by atoms with Crippen molar-refractivity contribution >= 4 is 11.6 Å². The van der Waals surface area contributed by atoms with Crippen LogP contribution in [0.2, 0.25) is 0 Å². The first-order chi connectivity index (χ1) is 9.74. The number of aromatic nitrogens is 2. The molecule has 0 atom stereocenters. The third kappa shape index (κ3) is 4.64. The van der Waals surface area contributed by atoms with Gasteiger partial charge in [0.05, 0.1) is 0 Å². The fraction of sp³-hybridized carbons (Fsp3) is 0.286. The Hall–Kier alpha value is -2.50. The molecule has 0 radical (unpaired) electrons. The number of nitrogen functional groups attached to an aromatic ring is 1. The molecule has 0 aliphatic rings. The summed E-state index contributed by atoms with van der Waals surface area (Å²) < 4.78 is 7.17. The topological polar surface area (TPSA) is 82.2 Å². The van der Waals surface area contributed by atoms with Gasteiger partial charge in [0.1, 0.15) is 5.75 Å². The number of anilines is 1. The summed E-state index contributed by atoms with van der Waals surface area (Å²) in [4.78, 5) is 11.6. The number of hydrogen-bond donors (Lipinski definition) is 2. The van der Waals surface area contributed by atoms with Crippen LogP contribution in [0, 0.1) is 0 Å². The zero-order chi connectivity index (χ0) is 14.2. The number of rotatable bonds is 7. The summed E-state index contributed by atoms with van der Waals surface area (Å²) in [7, 11) is 0. The molecule has 0 spiro atoms. The maximum Gasteiger partial charge on any atom is 0.257 e. The standard InChI is InChI=1S/C14H18N4O2/c15-12-3-5-13(6-4-12)20-11-14(19)16-7-1-9-18-10-2-8-17-18/h2-6,8,10H,1,7,9,11,15H2,(H,16,19). The Morgan fingerprint density at radius 1 is 1.35 bits per heavy atom. The number of aryl methyl sites for hydroxylation is 1. The number of nitrogens with two attached hydrogens (primary N) is 1. The molecule has 1 aromatic carbocycles. The predicted molar refractivity (Wildman–Crippen MR) is 76.2 cm³/mol. The number of ether oxygens (including phenoxy) is 1. The quantitative estimate of drug-likeness (QED) is 0.584. The summed E-state index contributed by atoms with van der Waals surface area (Å²) in [6, 6.07) is 8.81. The molecule has 106 valence electrons. The average Bonchev–Trinajstić information content (AvgIpc) is 2.96. The van der Waals surface area contributed by atoms with Gasteiger partial charge in [0.2, 0.25) is 0 Å². The van der Waals surface area contributed by atoms with Gasteiger partial charge in [-0.25, -0.2) is 0 Å². The second-order valence-electron chi connectivity index (χ2n) is 4.33. The minimum atomic E-state index is -0.137. The SMILES string of the molecule is Nc1ccc(OCC(=O)NCCCn2cccn2)cc1. The second-order valence-corrected chi connectivity index (χ2v) is 4.33. The lowest BCUT2D eigenvalue weighted by atomic mass is 10.3. The average molecular weight is 274 g/mol. The lowest BCUT2D eigenvalue weighted by molar-refractivity contribution is -0.123. The van der Waals surface area contributed by atoms with Crippen LogP contribution in [-0.2, 0) is 11.3 Å². The molecule has 0 aliphatic carbocycles. The Balaban J connectivity index is 1.59. The monoisotopic (exact) mass is 274 g/mol. The number of nitrogens with one attached hydrogen (secondary N) is 1. The molecule has 1 aromatic heterocycles. The summed E-state index contributed by atoms with van der Waals surface area (Å²) in [5.74, 6) is 0.494. The van der Waals surface area contributed by atoms with Gasteiger partial charge in [-0.1, -0.05) is 0 Å². The van der Waals surface area contributed by atoms with Gasteiger partial charge in [-0.15, -0.1) is 0 Å². The van der Waals surface area contributed by atoms with Crippen molar-refractivity contribution in [2.75, 3.05) is 18.9 Å². The van der Waals surface area contributed by atoms with Gasteiger partial charge in [0, 0.05) is 31.2 Å². The zero-order valence-corrected chi connectivity index (χ0v) is 11.2. The van der Waals surface area contributed by atoms with Gasteiger partial charge >= 0.3 is 0 Å². The van der Waals surface area contributed by atoms with E-state index in [4.69, 9.17) is 10.5 Å². The van der Waals surface area contributed by atoms with Gasteiger partial charge in [0.15, 0.2) is 6.61 Å². The summed E-state index contributed by atoms with van der Waals surface area (Å²) in [6.07, 6.45) is 4.46. The number of carbonyl (C=O) groups is 1. The van der Waals surface area contributed by atoms with Gasteiger partial charge in [-0.05, 0) is 36.8 Å². The molecule has 0 fully saturated rings. The van der Waals surface area contributed by atoms with Crippen LogP contribution in [0.3, 0.4) is 0 Å². The Morgan fingerprint density at radius 3 is 2.85 bits per heavy atom. The molecule has 3 N–H and O–H groups in total. The summed E-state index contributed by atoms with van der Waals surface area (Å²) >= 11 is 0. The highest BCUT2D eigenvalue weighted by molar-refractivity contribution is 5.77. The van der Waals surface area contributed by atoms with Gasteiger partial charge in [-0.3, -0.25) is 9.48 Å². The molecule has 1 amide bonds. The van der Waals surface area contributed by atoms with Crippen molar-refractivity contribution in [1.29, 1.82) is 0 Å². The van der Waals surface area contributed by atoms with Crippen molar-refractivity contribution < 1.29 is 9.53 Å². The molecule has 6 heteroatoms. The molecule has 0 unspecified atom stereocenters. The smallest absolute Gasteiger partial charge is 0.257 e. The van der Waals surface area contributed by atoms with E-state index in [0.717, 1.165) is 13.0 Å². The summed E-state index contributed by atoms with van der Waals surface area (Å²) in [5, 5.41) is 6.88. The van der Waals surface area contributed by atoms with E-state index in [1.807, 2.05) is 16.9 Å². The normalized spacial score (nSPS) is 10.2. The minimum absolute atomic E-state index is 0.00564. The number of amides is 1. The van der Waals surface area contributed by atoms with Crippen LogP contribution in [0.1, 0.15) is 6.42 Å². The van der Waals surface area contributed by atoms with Crippen LogP contribution >= 0.6 is 0 Å². The number of carbonyl (C=O) groups excluding carboxylic acids is 1. The number of hydrogen-bond acceptors (Lipinski definition) is 4. The van der Waals surface area contributed by atoms with Crippen LogP contribution in [0.4, 0.5) is 5.69 Å². The lowest BCUT2D eigenvalue weighted by Gasteiger charge is -2.07. The van der Waals surface area contributed by atoms with Crippen LogP contribution < -0.4 is 15.8 Å². The molecular weight excluding hydrogens is 256 g/mol. The largest absolute Gasteiger partial charge is 0.484 e. The number of nitrogens with zero attached hydrogens (tertiary/aromatic N) is 2. The van der Waals surface area contributed by atoms with Crippen molar-refractivity contribution in [2.24, 2.45) is 0 Å². The van der Waals surface area contributed by atoms with Crippen molar-refractivity contribution in [3.63, 3.8) is 0 Å². The van der Waals surface area contributed by atoms with Crippen LogP contribution in [0.15, 0.2) is 42.7 Å². The Labute approximate surface area is 117 Å². The first-order valence-electron chi connectivity index (χ1n) is 6.46. The van der Waals surface area contributed by atoms with E-state index < -0.39 is 0 Å². The van der Waals surface area contributed by atoms with Crippen molar-refractivity contribution in [3.8, 4) is 5.75 Å². The zero-order valence-electron chi connectivity index (χ0n) is 11.2. The first-order valence-corrected chi connectivity index (χ1v) is 6.46. The molecular formula is C14H18N4O2. The highest BCUT2D eigenvalue weighted by Gasteiger charge is 2.02. The summed E-state index contributed by atoms with van der Waals surface area (Å²) in [5.41, 5.74) is 6.23. The third-order valence-electron chi connectivity index (χ3n) is 2.70. The summed E-state index contributed by atoms with van der Waals surface area (Å²) in [6.45, 7) is 1.39. The van der Waals surface area contributed by atoms with Crippen molar-refractivity contribution in [2.45, 2.75) is 13.0 Å². The van der Waals surface area contributed by atoms with E-state index in [1.54, 1.807) is 30.5 Å². The first kappa shape index (κ1) is 13.9.